The third-order valence-corrected chi connectivity index (χ3v) is 16.3. The van der Waals surface area contributed by atoms with Crippen molar-refractivity contribution in [3.05, 3.63) is 116 Å². The minimum atomic E-state index is -1.52. The van der Waals surface area contributed by atoms with Crippen molar-refractivity contribution >= 4 is 50.9 Å². The normalized spacial score (nSPS) is 20.0. The maximum Gasteiger partial charge on any atom is 0.351 e. The second-order valence-electron chi connectivity index (χ2n) is 19.1. The SMILES string of the molecule is CC(C)N(C(C)C)P(Cl)OCCC#N.Cc1cn([C@@H]2OC[C@@H](C)C2O)c(=O)nc1NC(=O)c1ccccc1.Cc1cn([C@@H]2OC[C@@H](C)C2OP(OCCC#N)N(C(C)C)C(C)C)c(=O)nc1NC(=O)c1ccccc1. The smallest absolute Gasteiger partial charge is 0.351 e. The molecule has 4 aromatic rings. The number of amides is 2. The van der Waals surface area contributed by atoms with Gasteiger partial charge in [-0.25, -0.2) is 18.9 Å². The molecule has 2 aromatic heterocycles. The third kappa shape index (κ3) is 18.0. The molecular weight excluding hydrogens is 1020 g/mol. The highest BCUT2D eigenvalue weighted by molar-refractivity contribution is 7.78. The zero-order chi connectivity index (χ0) is 55.5. The number of aromatic nitrogens is 4. The maximum atomic E-state index is 13.1. The zero-order valence-corrected chi connectivity index (χ0v) is 47.5. The van der Waals surface area contributed by atoms with Crippen molar-refractivity contribution in [1.29, 1.82) is 10.5 Å². The highest BCUT2D eigenvalue weighted by atomic mass is 35.7. The Morgan fingerprint density at radius 1 is 0.720 bits per heavy atom. The van der Waals surface area contributed by atoms with Crippen LogP contribution in [0.2, 0.25) is 0 Å². The summed E-state index contributed by atoms with van der Waals surface area (Å²) in [5.41, 5.74) is 1.03. The number of nitriles is 2. The number of hydrogen-bond acceptors (Lipinski definition) is 16. The number of ether oxygens (including phenoxy) is 2. The molecule has 2 saturated heterocycles. The van der Waals surface area contributed by atoms with Crippen LogP contribution in [0.4, 0.5) is 11.6 Å². The maximum absolute atomic E-state index is 13.1. The van der Waals surface area contributed by atoms with Crippen molar-refractivity contribution in [3.63, 3.8) is 0 Å². The van der Waals surface area contributed by atoms with Gasteiger partial charge in [0.05, 0.1) is 51.4 Å². The molecule has 0 spiro atoms. The number of aliphatic hydroxyl groups is 1. The standard InChI is InChI=1S/C26H36N5O5P.C17H19N3O4.C9H18ClN2OP/c1-17(2)31(18(3)4)37(35-14-10-13-27)36-22-20(6)16-34-25(22)30-15-19(5)23(29-26(30)33)28-24(32)21-11-8-7-9-12-21;1-10-8-20(16-13(21)11(2)9-24-16)17(23)19-14(10)18-15(22)12-6-4-3-5-7-12;1-8(2)12(9(3)4)14(10)13-7-5-6-11/h7-9,11-12,15,17-18,20,22,25H,10,14,16H2,1-6H3,(H,28,29,32,33);3-8,11,13,16,21H,9H2,1-2H3,(H,18,19,22,23);8-9H,5,7H2,1-4H3/t20-,22?,25-,37?;11-,13?,16-;/m11./s1. The van der Waals surface area contributed by atoms with Crippen LogP contribution in [-0.4, -0.2) is 108 Å². The molecule has 2 fully saturated rings. The lowest BCUT2D eigenvalue weighted by atomic mass is 10.1. The number of nitrogens with zero attached hydrogens (tertiary/aromatic N) is 8. The first-order valence-electron chi connectivity index (χ1n) is 24.9. The number of anilines is 2. The van der Waals surface area contributed by atoms with Crippen LogP contribution in [0.3, 0.4) is 0 Å². The first-order chi connectivity index (χ1) is 35.6. The van der Waals surface area contributed by atoms with Crippen LogP contribution in [0.1, 0.15) is 126 Å². The Morgan fingerprint density at radius 2 is 1.13 bits per heavy atom. The van der Waals surface area contributed by atoms with Crippen molar-refractivity contribution in [3.8, 4) is 12.1 Å². The summed E-state index contributed by atoms with van der Waals surface area (Å²) < 4.78 is 36.4. The largest absolute Gasteiger partial charge is 0.388 e. The number of carbonyl (C=O) groups excluding carboxylic acids is 2. The van der Waals surface area contributed by atoms with Gasteiger partial charge in [0.25, 0.3) is 20.3 Å². The van der Waals surface area contributed by atoms with Gasteiger partial charge in [-0.15, -0.1) is 0 Å². The van der Waals surface area contributed by atoms with E-state index in [-0.39, 0.29) is 60.4 Å². The number of aliphatic hydroxyl groups excluding tert-OH is 1. The predicted molar refractivity (Wildman–Crippen MR) is 291 cm³/mol. The molecule has 20 nitrogen and oxygen atoms in total. The van der Waals surface area contributed by atoms with E-state index in [2.05, 4.69) is 91.4 Å². The van der Waals surface area contributed by atoms with Crippen LogP contribution < -0.4 is 22.0 Å². The van der Waals surface area contributed by atoms with Gasteiger partial charge in [0.15, 0.2) is 12.5 Å². The molecule has 0 bridgehead atoms. The van der Waals surface area contributed by atoms with Gasteiger partial charge in [-0.2, -0.15) is 20.5 Å². The summed E-state index contributed by atoms with van der Waals surface area (Å²) in [5, 5.41) is 32.8. The molecule has 2 amide bonds. The van der Waals surface area contributed by atoms with Crippen LogP contribution in [0, 0.1) is 48.3 Å². The van der Waals surface area contributed by atoms with Gasteiger partial charge in [-0.1, -0.05) is 50.2 Å². The van der Waals surface area contributed by atoms with E-state index in [9.17, 15) is 24.3 Å². The lowest BCUT2D eigenvalue weighted by Crippen LogP contribution is -2.38. The van der Waals surface area contributed by atoms with Crippen molar-refractivity contribution in [2.75, 3.05) is 37.1 Å². The summed E-state index contributed by atoms with van der Waals surface area (Å²) in [7, 11) is -2.60. The van der Waals surface area contributed by atoms with Crippen molar-refractivity contribution in [2.45, 2.75) is 145 Å². The minimum Gasteiger partial charge on any atom is -0.388 e. The minimum absolute atomic E-state index is 0.0135. The van der Waals surface area contributed by atoms with Gasteiger partial charge in [0, 0.05) is 70.7 Å². The number of aryl methyl sites for hydroxylation is 2. The highest BCUT2D eigenvalue weighted by Crippen LogP contribution is 2.51. The molecule has 4 unspecified atom stereocenters. The molecule has 0 saturated carbocycles. The first-order valence-corrected chi connectivity index (χ1v) is 28.2. The Morgan fingerprint density at radius 3 is 1.55 bits per heavy atom. The highest BCUT2D eigenvalue weighted by Gasteiger charge is 2.42. The Balaban J connectivity index is 0.000000273. The van der Waals surface area contributed by atoms with Crippen molar-refractivity contribution in [2.24, 2.45) is 11.8 Å². The molecule has 23 heteroatoms. The van der Waals surface area contributed by atoms with Gasteiger partial charge in [-0.05, 0) is 105 Å². The summed E-state index contributed by atoms with van der Waals surface area (Å²) in [6.45, 7) is 25.4. The van der Waals surface area contributed by atoms with Crippen LogP contribution >= 0.6 is 27.4 Å². The quantitative estimate of drug-likeness (QED) is 0.0551. The van der Waals surface area contributed by atoms with E-state index in [1.807, 2.05) is 32.0 Å². The van der Waals surface area contributed by atoms with Crippen molar-refractivity contribution in [1.82, 2.24) is 28.4 Å². The Labute approximate surface area is 447 Å². The third-order valence-electron chi connectivity index (χ3n) is 11.7. The fourth-order valence-electron chi connectivity index (χ4n) is 7.97. The summed E-state index contributed by atoms with van der Waals surface area (Å²) in [4.78, 5) is 58.2. The Bertz CT molecular complexity index is 2640. The van der Waals surface area contributed by atoms with Crippen LogP contribution in [-0.2, 0) is 23.0 Å². The molecule has 2 aliphatic rings. The molecule has 8 atom stereocenters. The lowest BCUT2D eigenvalue weighted by molar-refractivity contribution is -0.0140. The van der Waals surface area contributed by atoms with Crippen LogP contribution in [0.15, 0.2) is 82.6 Å². The molecule has 3 N–H and O–H groups in total. The molecule has 0 radical (unpaired) electrons. The van der Waals surface area contributed by atoms with Crippen LogP contribution in [0.5, 0.6) is 0 Å². The van der Waals surface area contributed by atoms with Gasteiger partial charge < -0.3 is 38.8 Å². The second kappa shape index (κ2) is 30.6. The summed E-state index contributed by atoms with van der Waals surface area (Å²) in [6.07, 6.45) is 1.13. The fraction of sp³-hybridized carbons (Fsp3) is 0.538. The number of carbonyl (C=O) groups is 2. The topological polar surface area (TPSA) is 248 Å². The lowest BCUT2D eigenvalue weighted by Gasteiger charge is -2.38. The van der Waals surface area contributed by atoms with Gasteiger partial charge >= 0.3 is 11.4 Å². The van der Waals surface area contributed by atoms with E-state index >= 15 is 0 Å². The molecular formula is C52H73ClN10O10P2. The van der Waals surface area contributed by atoms with E-state index in [1.54, 1.807) is 74.8 Å². The second-order valence-corrected chi connectivity index (χ2v) is 22.6. The fourth-order valence-corrected chi connectivity index (χ4v) is 12.2. The number of rotatable bonds is 20. The van der Waals surface area contributed by atoms with E-state index in [4.69, 9.17) is 44.8 Å². The molecule has 0 aliphatic carbocycles. The number of nitrogens with one attached hydrogen (secondary N) is 2. The monoisotopic (exact) mass is 1090 g/mol. The predicted octanol–water partition coefficient (Wildman–Crippen LogP) is 9.46. The van der Waals surface area contributed by atoms with Crippen molar-refractivity contribution < 1.29 is 37.7 Å². The van der Waals surface area contributed by atoms with E-state index < -0.39 is 52.2 Å². The van der Waals surface area contributed by atoms with Gasteiger partial charge in [0.1, 0.15) is 23.8 Å². The zero-order valence-electron chi connectivity index (χ0n) is 44.9. The first kappa shape index (κ1) is 62.5. The number of benzene rings is 2. The average molecular weight is 1100 g/mol. The molecule has 75 heavy (non-hydrogen) atoms. The number of hydrogen-bond donors (Lipinski definition) is 3. The molecule has 408 valence electrons. The Kier molecular flexibility index (Phi) is 25.5. The molecule has 2 aromatic carbocycles. The van der Waals surface area contributed by atoms with Crippen LogP contribution in [0.25, 0.3) is 0 Å². The summed E-state index contributed by atoms with van der Waals surface area (Å²) >= 11 is 6.13. The molecule has 4 heterocycles. The van der Waals surface area contributed by atoms with Gasteiger partial charge in [0.2, 0.25) is 7.65 Å². The van der Waals surface area contributed by atoms with Gasteiger partial charge in [-0.3, -0.25) is 18.7 Å². The van der Waals surface area contributed by atoms with E-state index in [0.717, 1.165) is 0 Å². The summed E-state index contributed by atoms with van der Waals surface area (Å²) in [6, 6.07) is 22.6. The molecule has 2 aliphatic heterocycles. The summed E-state index contributed by atoms with van der Waals surface area (Å²) in [5.74, 6) is -0.353. The average Bonchev–Trinajstić information content (AvgIpc) is 3.89. The van der Waals surface area contributed by atoms with E-state index in [1.165, 1.54) is 9.13 Å². The number of halogens is 1. The molecule has 6 rings (SSSR count). The van der Waals surface area contributed by atoms with E-state index in [0.29, 0.717) is 60.6 Å². The Hall–Kier alpha value is -5.05.